The van der Waals surface area contributed by atoms with Gasteiger partial charge in [0, 0.05) is 11.9 Å². The lowest BCUT2D eigenvalue weighted by atomic mass is 10.1. The fourth-order valence-electron chi connectivity index (χ4n) is 2.73. The molecule has 1 aromatic heterocycles. The summed E-state index contributed by atoms with van der Waals surface area (Å²) in [7, 11) is 1.98. The molecule has 3 aromatic rings. The van der Waals surface area contributed by atoms with Gasteiger partial charge in [0.15, 0.2) is 4.80 Å². The molecule has 5 heteroatoms. The number of hydrogen-bond donors (Lipinski definition) is 0. The largest absolute Gasteiger partial charge is 0.319 e. The van der Waals surface area contributed by atoms with Crippen molar-refractivity contribution in [3.63, 3.8) is 0 Å². The Morgan fingerprint density at radius 1 is 1.12 bits per heavy atom. The zero-order chi connectivity index (χ0) is 17.3. The number of hydrogen-bond acceptors (Lipinski definition) is 3. The minimum atomic E-state index is -0.107. The molecule has 3 rings (SSSR count). The van der Waals surface area contributed by atoms with Crippen LogP contribution in [0.4, 0.5) is 0 Å². The molecule has 24 heavy (non-hydrogen) atoms. The highest BCUT2D eigenvalue weighted by Crippen LogP contribution is 2.24. The Balaban J connectivity index is 1.94. The van der Waals surface area contributed by atoms with E-state index in [1.54, 1.807) is 23.1 Å². The van der Waals surface area contributed by atoms with Gasteiger partial charge in [-0.3, -0.25) is 4.79 Å². The molecule has 1 amide bonds. The van der Waals surface area contributed by atoms with Crippen molar-refractivity contribution in [2.24, 2.45) is 12.0 Å². The molecule has 0 saturated carbocycles. The molecule has 0 unspecified atom stereocenters. The van der Waals surface area contributed by atoms with Crippen LogP contribution in [0.1, 0.15) is 16.7 Å². The summed E-state index contributed by atoms with van der Waals surface area (Å²) in [5.74, 6) is -0.107. The average molecular weight is 357 g/mol. The number of carbonyl (C=O) groups is 1. The lowest BCUT2D eigenvalue weighted by Crippen LogP contribution is -2.14. The molecule has 0 aliphatic carbocycles. The van der Waals surface area contributed by atoms with Gasteiger partial charge in [-0.15, -0.1) is 11.8 Å². The number of nitrogens with zero attached hydrogens (tertiary/aromatic N) is 2. The van der Waals surface area contributed by atoms with E-state index in [0.717, 1.165) is 15.9 Å². The summed E-state index contributed by atoms with van der Waals surface area (Å²) in [6, 6.07) is 12.3. The number of carbonyl (C=O) groups excluding carboxylic acids is 1. The van der Waals surface area contributed by atoms with E-state index in [2.05, 4.69) is 31.0 Å². The van der Waals surface area contributed by atoms with Crippen LogP contribution in [-0.2, 0) is 18.3 Å². The van der Waals surface area contributed by atoms with Crippen molar-refractivity contribution in [3.05, 3.63) is 57.9 Å². The van der Waals surface area contributed by atoms with Crippen LogP contribution in [0.25, 0.3) is 10.2 Å². The Kier molecular flexibility index (Phi) is 4.92. The van der Waals surface area contributed by atoms with Gasteiger partial charge in [-0.05, 0) is 48.9 Å². The summed E-state index contributed by atoms with van der Waals surface area (Å²) in [4.78, 5) is 18.7. The van der Waals surface area contributed by atoms with Crippen LogP contribution in [0, 0.1) is 13.8 Å². The van der Waals surface area contributed by atoms with Gasteiger partial charge in [-0.2, -0.15) is 4.99 Å². The predicted molar refractivity (Wildman–Crippen MR) is 103 cm³/mol. The molecule has 0 atom stereocenters. The number of thiazole rings is 1. The third-order valence-electron chi connectivity index (χ3n) is 4.08. The summed E-state index contributed by atoms with van der Waals surface area (Å²) in [5, 5.41) is 0. The second-order valence-corrected chi connectivity index (χ2v) is 7.71. The van der Waals surface area contributed by atoms with Crippen molar-refractivity contribution in [2.45, 2.75) is 25.2 Å². The van der Waals surface area contributed by atoms with Crippen molar-refractivity contribution < 1.29 is 4.79 Å². The van der Waals surface area contributed by atoms with Crippen molar-refractivity contribution in [2.75, 3.05) is 6.26 Å². The van der Waals surface area contributed by atoms with Crippen LogP contribution in [0.3, 0.4) is 0 Å². The van der Waals surface area contributed by atoms with Gasteiger partial charge in [-0.25, -0.2) is 0 Å². The number of aromatic nitrogens is 1. The number of aryl methyl sites for hydroxylation is 3. The van der Waals surface area contributed by atoms with Gasteiger partial charge in [-0.1, -0.05) is 35.6 Å². The molecule has 0 saturated heterocycles. The van der Waals surface area contributed by atoms with E-state index in [4.69, 9.17) is 0 Å². The zero-order valence-corrected chi connectivity index (χ0v) is 15.9. The van der Waals surface area contributed by atoms with Crippen molar-refractivity contribution in [3.8, 4) is 0 Å². The maximum absolute atomic E-state index is 12.4. The Bertz CT molecular complexity index is 965. The highest BCUT2D eigenvalue weighted by molar-refractivity contribution is 7.98. The minimum absolute atomic E-state index is 0.107. The number of benzene rings is 2. The first-order chi connectivity index (χ1) is 11.5. The molecule has 3 nitrogen and oxygen atoms in total. The number of thioether (sulfide) groups is 1. The van der Waals surface area contributed by atoms with Crippen LogP contribution in [0.2, 0.25) is 0 Å². The molecule has 0 aliphatic rings. The molecular formula is C19H20N2OS2. The molecule has 0 bridgehead atoms. The standard InChI is InChI=1S/C19H20N2OS2/c1-12-5-6-13(2)18-17(12)21(3)19(24-18)20-16(22)11-14-7-9-15(23-4)10-8-14/h5-10H,11H2,1-4H3. The second-order valence-electron chi connectivity index (χ2n) is 5.85. The molecule has 2 aromatic carbocycles. The maximum atomic E-state index is 12.4. The van der Waals surface area contributed by atoms with Crippen molar-refractivity contribution in [1.82, 2.24) is 4.57 Å². The summed E-state index contributed by atoms with van der Waals surface area (Å²) < 4.78 is 3.23. The number of amides is 1. The normalized spacial score (nSPS) is 12.1. The molecule has 0 aliphatic heterocycles. The average Bonchev–Trinajstić information content (AvgIpc) is 2.90. The third kappa shape index (κ3) is 3.32. The van der Waals surface area contributed by atoms with Crippen LogP contribution in [-0.4, -0.2) is 16.7 Å². The van der Waals surface area contributed by atoms with Gasteiger partial charge >= 0.3 is 0 Å². The number of rotatable bonds is 3. The monoisotopic (exact) mass is 356 g/mol. The summed E-state index contributed by atoms with van der Waals surface area (Å²) in [5.41, 5.74) is 4.59. The van der Waals surface area contributed by atoms with E-state index < -0.39 is 0 Å². The number of fused-ring (bicyclic) bond motifs is 1. The molecule has 0 fully saturated rings. The van der Waals surface area contributed by atoms with Crippen molar-refractivity contribution in [1.29, 1.82) is 0 Å². The van der Waals surface area contributed by atoms with Gasteiger partial charge in [0.1, 0.15) is 0 Å². The minimum Gasteiger partial charge on any atom is -0.319 e. The van der Waals surface area contributed by atoms with E-state index in [-0.39, 0.29) is 5.91 Å². The first-order valence-electron chi connectivity index (χ1n) is 7.76. The summed E-state index contributed by atoms with van der Waals surface area (Å²) >= 11 is 3.28. The SMILES string of the molecule is CSc1ccc(CC(=O)N=c2sc3c(C)ccc(C)c3n2C)cc1. The van der Waals surface area contributed by atoms with Crippen LogP contribution in [0.15, 0.2) is 46.3 Å². The van der Waals surface area contributed by atoms with Crippen LogP contribution in [0.5, 0.6) is 0 Å². The summed E-state index contributed by atoms with van der Waals surface area (Å²) in [6.45, 7) is 4.19. The van der Waals surface area contributed by atoms with Gasteiger partial charge in [0.2, 0.25) is 0 Å². The fourth-order valence-corrected chi connectivity index (χ4v) is 4.32. The van der Waals surface area contributed by atoms with Crippen LogP contribution >= 0.6 is 23.1 Å². The third-order valence-corrected chi connectivity index (χ3v) is 6.09. The van der Waals surface area contributed by atoms with Crippen molar-refractivity contribution >= 4 is 39.2 Å². The van der Waals surface area contributed by atoms with Gasteiger partial charge in [0.25, 0.3) is 5.91 Å². The van der Waals surface area contributed by atoms with E-state index in [9.17, 15) is 4.79 Å². The molecule has 124 valence electrons. The smallest absolute Gasteiger partial charge is 0.252 e. The molecule has 1 heterocycles. The first kappa shape index (κ1) is 17.0. The maximum Gasteiger partial charge on any atom is 0.252 e. The Labute approximate surface area is 150 Å². The lowest BCUT2D eigenvalue weighted by Gasteiger charge is -2.02. The fraction of sp³-hybridized carbons (Fsp3) is 0.263. The van der Waals surface area contributed by atoms with Crippen LogP contribution < -0.4 is 4.80 Å². The molecule has 0 N–H and O–H groups in total. The van der Waals surface area contributed by atoms with E-state index in [0.29, 0.717) is 6.42 Å². The molecular weight excluding hydrogens is 336 g/mol. The highest BCUT2D eigenvalue weighted by atomic mass is 32.2. The van der Waals surface area contributed by atoms with Gasteiger partial charge in [0.05, 0.1) is 16.6 Å². The van der Waals surface area contributed by atoms with E-state index in [1.807, 2.05) is 42.1 Å². The Hall–Kier alpha value is -1.85. The summed E-state index contributed by atoms with van der Waals surface area (Å²) in [6.07, 6.45) is 2.38. The Morgan fingerprint density at radius 3 is 2.42 bits per heavy atom. The predicted octanol–water partition coefficient (Wildman–Crippen LogP) is 4.25. The Morgan fingerprint density at radius 2 is 1.79 bits per heavy atom. The van der Waals surface area contributed by atoms with Gasteiger partial charge < -0.3 is 4.57 Å². The zero-order valence-electron chi connectivity index (χ0n) is 14.3. The van der Waals surface area contributed by atoms with E-state index in [1.165, 1.54) is 20.7 Å². The first-order valence-corrected chi connectivity index (χ1v) is 9.80. The molecule has 0 radical (unpaired) electrons. The van der Waals surface area contributed by atoms with E-state index >= 15 is 0 Å². The quantitative estimate of drug-likeness (QED) is 0.658. The lowest BCUT2D eigenvalue weighted by molar-refractivity contribution is -0.117. The topological polar surface area (TPSA) is 34.4 Å². The second kappa shape index (κ2) is 6.95. The highest BCUT2D eigenvalue weighted by Gasteiger charge is 2.09. The molecule has 0 spiro atoms.